The molecular weight excluding hydrogens is 747 g/mol. The van der Waals surface area contributed by atoms with Crippen LogP contribution in [0, 0.1) is 0 Å². The maximum Gasteiger partial charge on any atom is 0.234 e. The summed E-state index contributed by atoms with van der Waals surface area (Å²) in [6.45, 7) is 5.85. The zero-order chi connectivity index (χ0) is 40.7. The number of amides is 3. The van der Waals surface area contributed by atoms with Crippen LogP contribution in [0.4, 0.5) is 11.4 Å². The molecule has 5 aliphatic rings. The van der Waals surface area contributed by atoms with Gasteiger partial charge in [0.25, 0.3) is 0 Å². The van der Waals surface area contributed by atoms with Crippen molar-refractivity contribution in [2.75, 3.05) is 62.7 Å². The van der Waals surface area contributed by atoms with E-state index in [1.165, 1.54) is 0 Å². The topological polar surface area (TPSA) is 149 Å². The van der Waals surface area contributed by atoms with Crippen molar-refractivity contribution in [2.24, 2.45) is 7.05 Å². The third-order valence-corrected chi connectivity index (χ3v) is 14.1. The zero-order valence-corrected chi connectivity index (χ0v) is 34.1. The van der Waals surface area contributed by atoms with E-state index in [1.807, 2.05) is 61.7 Å². The molecule has 2 N–H and O–H groups in total. The van der Waals surface area contributed by atoms with E-state index in [-0.39, 0.29) is 41.0 Å². The predicted molar refractivity (Wildman–Crippen MR) is 223 cm³/mol. The summed E-state index contributed by atoms with van der Waals surface area (Å²) >= 11 is 0. The minimum Gasteiger partial charge on any atom is -0.507 e. The number of likely N-dealkylation sites (tertiary alicyclic amines) is 1. The first-order valence-corrected chi connectivity index (χ1v) is 21.3. The highest BCUT2D eigenvalue weighted by Gasteiger charge is 2.48. The number of aromatic hydroxyl groups is 1. The Balaban J connectivity index is 0.788. The lowest BCUT2D eigenvalue weighted by Gasteiger charge is -2.46. The fraction of sp³-hybridized carbons (Fsp3) is 0.511. The van der Waals surface area contributed by atoms with E-state index >= 15 is 0 Å². The summed E-state index contributed by atoms with van der Waals surface area (Å²) in [6, 6.07) is 18.0. The summed E-state index contributed by atoms with van der Waals surface area (Å²) < 4.78 is 8.44. The average molecular weight is 802 g/mol. The molecule has 5 fully saturated rings. The van der Waals surface area contributed by atoms with E-state index in [2.05, 4.69) is 47.4 Å². The molecule has 4 aromatic rings. The van der Waals surface area contributed by atoms with Crippen LogP contribution in [0.25, 0.3) is 11.3 Å². The van der Waals surface area contributed by atoms with Crippen molar-refractivity contribution in [3.8, 4) is 17.0 Å². The summed E-state index contributed by atoms with van der Waals surface area (Å²) in [5.74, 6) is -0.312. The number of aryl methyl sites for hydroxylation is 1. The molecule has 7 heterocycles. The van der Waals surface area contributed by atoms with Crippen LogP contribution >= 0.6 is 0 Å². The van der Waals surface area contributed by atoms with Gasteiger partial charge < -0.3 is 24.5 Å². The summed E-state index contributed by atoms with van der Waals surface area (Å²) in [4.78, 5) is 48.1. The summed E-state index contributed by atoms with van der Waals surface area (Å²) in [5.41, 5.74) is 4.50. The smallest absolute Gasteiger partial charge is 0.234 e. The fourth-order valence-electron chi connectivity index (χ4n) is 10.4. The molecule has 2 atom stereocenters. The molecule has 59 heavy (non-hydrogen) atoms. The van der Waals surface area contributed by atoms with Crippen molar-refractivity contribution in [1.29, 1.82) is 0 Å². The predicted octanol–water partition coefficient (Wildman–Crippen LogP) is 4.39. The molecule has 0 radical (unpaired) electrons. The molecule has 0 bridgehead atoms. The average Bonchev–Trinajstić information content (AvgIpc) is 3.90. The second-order valence-corrected chi connectivity index (χ2v) is 17.4. The monoisotopic (exact) mass is 801 g/mol. The van der Waals surface area contributed by atoms with E-state index in [0.717, 1.165) is 87.4 Å². The normalized spacial score (nSPS) is 23.7. The molecule has 0 aliphatic carbocycles. The molecule has 310 valence electrons. The van der Waals surface area contributed by atoms with E-state index in [0.29, 0.717) is 56.1 Å². The van der Waals surface area contributed by atoms with Crippen molar-refractivity contribution in [3.63, 3.8) is 0 Å². The van der Waals surface area contributed by atoms with Crippen LogP contribution in [0.3, 0.4) is 0 Å². The van der Waals surface area contributed by atoms with Crippen LogP contribution in [0.2, 0.25) is 0 Å². The number of carbonyl (C=O) groups is 3. The number of hydrogen-bond donors (Lipinski definition) is 2. The second-order valence-electron chi connectivity index (χ2n) is 17.4. The number of imide groups is 1. The van der Waals surface area contributed by atoms with Crippen molar-refractivity contribution < 1.29 is 24.2 Å². The Hall–Kier alpha value is -5.34. The van der Waals surface area contributed by atoms with Crippen LogP contribution in [0.1, 0.15) is 74.8 Å². The van der Waals surface area contributed by atoms with Gasteiger partial charge in [-0.1, -0.05) is 24.3 Å². The van der Waals surface area contributed by atoms with Gasteiger partial charge >= 0.3 is 0 Å². The minimum absolute atomic E-state index is 0.0976. The second kappa shape index (κ2) is 16.0. The van der Waals surface area contributed by atoms with Crippen molar-refractivity contribution in [3.05, 3.63) is 84.3 Å². The number of benzene rings is 2. The minimum atomic E-state index is -0.673. The van der Waals surface area contributed by atoms with E-state index in [1.54, 1.807) is 23.0 Å². The third-order valence-electron chi connectivity index (χ3n) is 14.1. The van der Waals surface area contributed by atoms with Crippen LogP contribution in [0.5, 0.6) is 5.75 Å². The quantitative estimate of drug-likeness (QED) is 0.245. The highest BCUT2D eigenvalue weighted by Crippen LogP contribution is 2.42. The van der Waals surface area contributed by atoms with Crippen molar-refractivity contribution >= 4 is 29.1 Å². The first-order valence-electron chi connectivity index (χ1n) is 21.3. The maximum atomic E-state index is 14.8. The van der Waals surface area contributed by atoms with Crippen LogP contribution in [0.15, 0.2) is 73.2 Å². The van der Waals surface area contributed by atoms with E-state index in [9.17, 15) is 19.5 Å². The molecule has 2 aromatic carbocycles. The number of nitrogens with zero attached hydrogens (tertiary/aromatic N) is 8. The Morgan fingerprint density at radius 3 is 2.31 bits per heavy atom. The van der Waals surface area contributed by atoms with Gasteiger partial charge in [-0.25, -0.2) is 0 Å². The number of rotatable bonds is 8. The van der Waals surface area contributed by atoms with Crippen LogP contribution < -0.4 is 15.1 Å². The Morgan fingerprint density at radius 1 is 0.898 bits per heavy atom. The van der Waals surface area contributed by atoms with Crippen molar-refractivity contribution in [1.82, 2.24) is 35.1 Å². The lowest BCUT2D eigenvalue weighted by Crippen LogP contribution is -2.56. The summed E-state index contributed by atoms with van der Waals surface area (Å²) in [5, 5.41) is 26.0. The standard InChI is InChI=1S/C45H55N9O5/c1-50-29-32(27-47-50)45(17-23-54(24-18-45)35-25-39(49-46-28-35)38-5-3-4-6-40(38)55)43(58)51(2)33-13-19-52(20-14-33)36-26-44(59-30-36)15-21-53(22-16-44)34-9-7-31(8-10-34)37-11-12-41(56)48-42(37)57/h3-10,25,27-29,33,36-37,55H,11-24,26,30H2,1-2H3,(H,48,56,57)/t36-,37-/m1/s1. The van der Waals surface area contributed by atoms with Gasteiger partial charge in [0.2, 0.25) is 17.7 Å². The van der Waals surface area contributed by atoms with Gasteiger partial charge in [0.05, 0.1) is 47.3 Å². The molecule has 14 nitrogen and oxygen atoms in total. The molecule has 9 rings (SSSR count). The summed E-state index contributed by atoms with van der Waals surface area (Å²) in [7, 11) is 3.91. The number of para-hydroxylation sites is 1. The first-order chi connectivity index (χ1) is 28.6. The Morgan fingerprint density at radius 2 is 1.61 bits per heavy atom. The molecule has 0 unspecified atom stereocenters. The Kier molecular flexibility index (Phi) is 10.6. The summed E-state index contributed by atoms with van der Waals surface area (Å²) in [6.07, 6.45) is 12.8. The molecule has 0 saturated carbocycles. The number of aromatic nitrogens is 4. The molecule has 3 amide bonds. The fourth-order valence-corrected chi connectivity index (χ4v) is 10.4. The number of nitrogens with one attached hydrogen (secondary N) is 1. The molecule has 1 spiro atoms. The Bertz CT molecular complexity index is 2170. The highest BCUT2D eigenvalue weighted by atomic mass is 16.5. The number of likely N-dealkylation sites (N-methyl/N-ethyl adjacent to an activating group) is 1. The third kappa shape index (κ3) is 7.68. The van der Waals surface area contributed by atoms with Gasteiger partial charge in [0, 0.05) is 94.9 Å². The number of hydrogen-bond acceptors (Lipinski definition) is 11. The molecular formula is C45H55N9O5. The van der Waals surface area contributed by atoms with Gasteiger partial charge in [0.1, 0.15) is 5.75 Å². The number of ether oxygens (including phenoxy) is 1. The Labute approximate surface area is 345 Å². The SMILES string of the molecule is CN(C(=O)C1(c2cnn(C)c2)CCN(c2cnnc(-c3ccccc3O)c2)CC1)C1CCN([C@H]2COC3(CCN(c4ccc([C@H]5CCC(=O)NC5=O)cc4)CC3)C2)CC1. The molecule has 2 aromatic heterocycles. The van der Waals surface area contributed by atoms with Gasteiger partial charge in [-0.2, -0.15) is 15.3 Å². The molecule has 5 aliphatic heterocycles. The van der Waals surface area contributed by atoms with Crippen LogP contribution in [-0.2, 0) is 31.6 Å². The van der Waals surface area contributed by atoms with Gasteiger partial charge in [-0.3, -0.25) is 29.3 Å². The number of phenols is 1. The first kappa shape index (κ1) is 39.1. The van der Waals surface area contributed by atoms with E-state index < -0.39 is 5.41 Å². The van der Waals surface area contributed by atoms with Crippen molar-refractivity contribution in [2.45, 2.75) is 86.8 Å². The van der Waals surface area contributed by atoms with E-state index in [4.69, 9.17) is 4.74 Å². The number of phenolic OH excluding ortho intramolecular Hbond substituents is 1. The van der Waals surface area contributed by atoms with Crippen LogP contribution in [-0.4, -0.2) is 123 Å². The zero-order valence-electron chi connectivity index (χ0n) is 34.1. The lowest BCUT2D eigenvalue weighted by atomic mass is 9.72. The number of carbonyl (C=O) groups excluding carboxylic acids is 3. The lowest BCUT2D eigenvalue weighted by molar-refractivity contribution is -0.140. The maximum absolute atomic E-state index is 14.8. The molecule has 5 saturated heterocycles. The van der Waals surface area contributed by atoms with Gasteiger partial charge in [-0.05, 0) is 87.3 Å². The number of anilines is 2. The van der Waals surface area contributed by atoms with Gasteiger partial charge in [-0.15, -0.1) is 0 Å². The number of piperidine rings is 4. The largest absolute Gasteiger partial charge is 0.507 e. The van der Waals surface area contributed by atoms with Gasteiger partial charge in [0.15, 0.2) is 0 Å². The highest BCUT2D eigenvalue weighted by molar-refractivity contribution is 6.01. The molecule has 14 heteroatoms.